The molecule has 1 heterocycles. The molecule has 0 fully saturated rings. The van der Waals surface area contributed by atoms with Gasteiger partial charge in [0.15, 0.2) is 0 Å². The standard InChI is InChI=1S/C13H14BrNOS/c1-2-16-7-6-13-15-12(9-17-13)10-4-3-5-11(14)8-10/h3-5,8-9H,2,6-7H2,1H3. The first-order valence-corrected chi connectivity index (χ1v) is 7.25. The number of thiazole rings is 1. The molecule has 0 saturated carbocycles. The second kappa shape index (κ2) is 6.28. The zero-order valence-electron chi connectivity index (χ0n) is 9.65. The molecule has 17 heavy (non-hydrogen) atoms. The number of ether oxygens (including phenoxy) is 1. The van der Waals surface area contributed by atoms with Crippen LogP contribution in [0.2, 0.25) is 0 Å². The molecule has 4 heteroatoms. The Morgan fingerprint density at radius 3 is 3.06 bits per heavy atom. The van der Waals surface area contributed by atoms with E-state index in [2.05, 4.69) is 38.4 Å². The van der Waals surface area contributed by atoms with Gasteiger partial charge in [0, 0.05) is 28.4 Å². The number of rotatable bonds is 5. The van der Waals surface area contributed by atoms with Crippen LogP contribution in [0.1, 0.15) is 11.9 Å². The molecule has 2 rings (SSSR count). The third-order valence-corrected chi connectivity index (χ3v) is 3.74. The molecule has 1 aromatic carbocycles. The molecule has 0 N–H and O–H groups in total. The summed E-state index contributed by atoms with van der Waals surface area (Å²) >= 11 is 5.17. The summed E-state index contributed by atoms with van der Waals surface area (Å²) in [6, 6.07) is 8.21. The number of aromatic nitrogens is 1. The van der Waals surface area contributed by atoms with Crippen molar-refractivity contribution >= 4 is 27.3 Å². The van der Waals surface area contributed by atoms with E-state index in [1.54, 1.807) is 11.3 Å². The Hall–Kier alpha value is -0.710. The van der Waals surface area contributed by atoms with Gasteiger partial charge < -0.3 is 4.74 Å². The van der Waals surface area contributed by atoms with E-state index in [9.17, 15) is 0 Å². The molecule has 0 radical (unpaired) electrons. The molecule has 2 nitrogen and oxygen atoms in total. The Bertz CT molecular complexity index is 484. The zero-order chi connectivity index (χ0) is 12.1. The summed E-state index contributed by atoms with van der Waals surface area (Å²) in [6.07, 6.45) is 0.895. The topological polar surface area (TPSA) is 22.1 Å². The summed E-state index contributed by atoms with van der Waals surface area (Å²) in [4.78, 5) is 4.61. The minimum absolute atomic E-state index is 0.752. The normalized spacial score (nSPS) is 10.7. The summed E-state index contributed by atoms with van der Waals surface area (Å²) in [6.45, 7) is 3.53. The molecule has 0 amide bonds. The first-order chi connectivity index (χ1) is 8.29. The number of benzene rings is 1. The van der Waals surface area contributed by atoms with E-state index in [-0.39, 0.29) is 0 Å². The highest BCUT2D eigenvalue weighted by molar-refractivity contribution is 9.10. The van der Waals surface area contributed by atoms with Gasteiger partial charge >= 0.3 is 0 Å². The molecule has 0 spiro atoms. The molecular formula is C13H14BrNOS. The van der Waals surface area contributed by atoms with Gasteiger partial charge in [-0.2, -0.15) is 0 Å². The summed E-state index contributed by atoms with van der Waals surface area (Å²) in [5.74, 6) is 0. The maximum Gasteiger partial charge on any atom is 0.0955 e. The third kappa shape index (κ3) is 3.63. The lowest BCUT2D eigenvalue weighted by molar-refractivity contribution is 0.151. The van der Waals surface area contributed by atoms with Crippen molar-refractivity contribution < 1.29 is 4.74 Å². The van der Waals surface area contributed by atoms with Crippen LogP contribution in [0.25, 0.3) is 11.3 Å². The largest absolute Gasteiger partial charge is 0.381 e. The first-order valence-electron chi connectivity index (χ1n) is 5.57. The lowest BCUT2D eigenvalue weighted by Gasteiger charge is -1.98. The highest BCUT2D eigenvalue weighted by atomic mass is 79.9. The van der Waals surface area contributed by atoms with E-state index in [0.29, 0.717) is 0 Å². The fraction of sp³-hybridized carbons (Fsp3) is 0.308. The van der Waals surface area contributed by atoms with Crippen molar-refractivity contribution in [2.75, 3.05) is 13.2 Å². The van der Waals surface area contributed by atoms with Crippen LogP contribution in [0.4, 0.5) is 0 Å². The fourth-order valence-electron chi connectivity index (χ4n) is 1.51. The Kier molecular flexibility index (Phi) is 4.71. The number of halogens is 1. The first kappa shape index (κ1) is 12.7. The zero-order valence-corrected chi connectivity index (χ0v) is 12.1. The Balaban J connectivity index is 2.07. The van der Waals surface area contributed by atoms with Crippen molar-refractivity contribution in [3.05, 3.63) is 39.1 Å². The maximum absolute atomic E-state index is 5.33. The average Bonchev–Trinajstić information content (AvgIpc) is 2.78. The van der Waals surface area contributed by atoms with Gasteiger partial charge in [0.2, 0.25) is 0 Å². The quantitative estimate of drug-likeness (QED) is 0.774. The number of nitrogens with zero attached hydrogens (tertiary/aromatic N) is 1. The molecule has 1 aromatic heterocycles. The van der Waals surface area contributed by atoms with Gasteiger partial charge in [-0.3, -0.25) is 0 Å². The minimum atomic E-state index is 0.752. The molecule has 0 bridgehead atoms. The van der Waals surface area contributed by atoms with Crippen LogP contribution in [0.5, 0.6) is 0 Å². The highest BCUT2D eigenvalue weighted by Crippen LogP contribution is 2.24. The van der Waals surface area contributed by atoms with E-state index in [4.69, 9.17) is 4.74 Å². The van der Waals surface area contributed by atoms with Crippen molar-refractivity contribution in [2.45, 2.75) is 13.3 Å². The SMILES string of the molecule is CCOCCc1nc(-c2cccc(Br)c2)cs1. The van der Waals surface area contributed by atoms with Gasteiger partial charge in [-0.25, -0.2) is 4.98 Å². The molecule has 0 aliphatic rings. The van der Waals surface area contributed by atoms with E-state index in [1.165, 1.54) is 0 Å². The summed E-state index contributed by atoms with van der Waals surface area (Å²) in [5, 5.41) is 3.23. The fourth-order valence-corrected chi connectivity index (χ4v) is 2.70. The molecular weight excluding hydrogens is 298 g/mol. The van der Waals surface area contributed by atoms with Crippen molar-refractivity contribution in [3.8, 4) is 11.3 Å². The van der Waals surface area contributed by atoms with Crippen molar-refractivity contribution in [3.63, 3.8) is 0 Å². The number of hydrogen-bond donors (Lipinski definition) is 0. The predicted molar refractivity (Wildman–Crippen MR) is 75.4 cm³/mol. The molecule has 90 valence electrons. The van der Waals surface area contributed by atoms with Crippen LogP contribution in [-0.4, -0.2) is 18.2 Å². The maximum atomic E-state index is 5.33. The predicted octanol–water partition coefficient (Wildman–Crippen LogP) is 4.15. The highest BCUT2D eigenvalue weighted by Gasteiger charge is 2.04. The lowest BCUT2D eigenvalue weighted by atomic mass is 10.2. The number of hydrogen-bond acceptors (Lipinski definition) is 3. The second-order valence-electron chi connectivity index (χ2n) is 3.58. The summed E-state index contributed by atoms with van der Waals surface area (Å²) in [7, 11) is 0. The molecule has 0 aliphatic heterocycles. The lowest BCUT2D eigenvalue weighted by Crippen LogP contribution is -1.97. The molecule has 0 atom stereocenters. The molecule has 0 unspecified atom stereocenters. The van der Waals surface area contributed by atoms with Gasteiger partial charge in [-0.15, -0.1) is 11.3 Å². The van der Waals surface area contributed by atoms with Crippen molar-refractivity contribution in [1.29, 1.82) is 0 Å². The van der Waals surface area contributed by atoms with E-state index in [1.807, 2.05) is 19.1 Å². The van der Waals surface area contributed by atoms with Gasteiger partial charge in [-0.05, 0) is 19.1 Å². The van der Waals surface area contributed by atoms with E-state index >= 15 is 0 Å². The van der Waals surface area contributed by atoms with Gasteiger partial charge in [0.05, 0.1) is 17.3 Å². The van der Waals surface area contributed by atoms with Crippen molar-refractivity contribution in [1.82, 2.24) is 4.98 Å². The van der Waals surface area contributed by atoms with Crippen LogP contribution in [0, 0.1) is 0 Å². The molecule has 0 aliphatic carbocycles. The van der Waals surface area contributed by atoms with Gasteiger partial charge in [0.1, 0.15) is 0 Å². The minimum Gasteiger partial charge on any atom is -0.381 e. The van der Waals surface area contributed by atoms with Gasteiger partial charge in [0.25, 0.3) is 0 Å². The van der Waals surface area contributed by atoms with Crippen LogP contribution in [-0.2, 0) is 11.2 Å². The second-order valence-corrected chi connectivity index (χ2v) is 5.44. The molecule has 2 aromatic rings. The summed E-state index contributed by atoms with van der Waals surface area (Å²) < 4.78 is 6.41. The van der Waals surface area contributed by atoms with Crippen molar-refractivity contribution in [2.24, 2.45) is 0 Å². The van der Waals surface area contributed by atoms with Crippen LogP contribution < -0.4 is 0 Å². The average molecular weight is 312 g/mol. The Morgan fingerprint density at radius 1 is 1.41 bits per heavy atom. The van der Waals surface area contributed by atoms with Crippen LogP contribution >= 0.6 is 27.3 Å². The Labute approximate surface area is 114 Å². The monoisotopic (exact) mass is 311 g/mol. The van der Waals surface area contributed by atoms with Crippen LogP contribution in [0.3, 0.4) is 0 Å². The summed E-state index contributed by atoms with van der Waals surface area (Å²) in [5.41, 5.74) is 2.20. The van der Waals surface area contributed by atoms with E-state index in [0.717, 1.165) is 40.4 Å². The molecule has 0 saturated heterocycles. The van der Waals surface area contributed by atoms with Gasteiger partial charge in [-0.1, -0.05) is 28.1 Å². The third-order valence-electron chi connectivity index (χ3n) is 2.34. The Morgan fingerprint density at radius 2 is 2.29 bits per heavy atom. The van der Waals surface area contributed by atoms with E-state index < -0.39 is 0 Å². The smallest absolute Gasteiger partial charge is 0.0955 e. The van der Waals surface area contributed by atoms with Crippen LogP contribution in [0.15, 0.2) is 34.1 Å².